The van der Waals surface area contributed by atoms with Crippen LogP contribution in [-0.2, 0) is 6.18 Å². The third-order valence-corrected chi connectivity index (χ3v) is 4.52. The highest BCUT2D eigenvalue weighted by Gasteiger charge is 2.31. The Morgan fingerprint density at radius 3 is 2.43 bits per heavy atom. The molecule has 0 atom stereocenters. The van der Waals surface area contributed by atoms with Gasteiger partial charge in [0, 0.05) is 38.1 Å². The predicted molar refractivity (Wildman–Crippen MR) is 99.7 cm³/mol. The van der Waals surface area contributed by atoms with Crippen LogP contribution in [0.25, 0.3) is 0 Å². The Kier molecular flexibility index (Phi) is 5.91. The molecule has 1 aliphatic rings. The zero-order valence-electron chi connectivity index (χ0n) is 15.4. The van der Waals surface area contributed by atoms with Crippen LogP contribution in [-0.4, -0.2) is 49.2 Å². The molecule has 6 nitrogen and oxygen atoms in total. The van der Waals surface area contributed by atoms with Gasteiger partial charge in [0.05, 0.1) is 12.7 Å². The van der Waals surface area contributed by atoms with Crippen molar-refractivity contribution in [3.8, 4) is 5.75 Å². The van der Waals surface area contributed by atoms with E-state index in [0.29, 0.717) is 49.9 Å². The number of alkyl halides is 3. The molecule has 150 valence electrons. The number of carbonyl (C=O) groups is 1. The summed E-state index contributed by atoms with van der Waals surface area (Å²) in [6.07, 6.45) is -2.87. The molecule has 2 aromatic rings. The Labute approximate surface area is 160 Å². The van der Waals surface area contributed by atoms with Crippen LogP contribution < -0.4 is 15.0 Å². The fraction of sp³-hybridized carbons (Fsp3) is 0.368. The number of hydrogen-bond donors (Lipinski definition) is 1. The van der Waals surface area contributed by atoms with Crippen molar-refractivity contribution >= 4 is 17.5 Å². The maximum atomic E-state index is 12.7. The number of pyridine rings is 1. The summed E-state index contributed by atoms with van der Waals surface area (Å²) >= 11 is 0. The lowest BCUT2D eigenvalue weighted by Crippen LogP contribution is -2.38. The van der Waals surface area contributed by atoms with Crippen LogP contribution >= 0.6 is 0 Å². The number of nitrogens with zero attached hydrogens (tertiary/aromatic N) is 3. The number of nitrogens with one attached hydrogen (secondary N) is 1. The Bertz CT molecular complexity index is 794. The number of amides is 2. The highest BCUT2D eigenvalue weighted by Crippen LogP contribution is 2.29. The number of ether oxygens (including phenoxy) is 1. The van der Waals surface area contributed by atoms with Crippen molar-refractivity contribution in [1.29, 1.82) is 0 Å². The summed E-state index contributed by atoms with van der Waals surface area (Å²) in [4.78, 5) is 20.0. The van der Waals surface area contributed by atoms with Gasteiger partial charge in [0.1, 0.15) is 11.6 Å². The van der Waals surface area contributed by atoms with E-state index in [1.165, 1.54) is 6.07 Å². The van der Waals surface area contributed by atoms with Gasteiger partial charge in [-0.25, -0.2) is 9.78 Å². The highest BCUT2D eigenvalue weighted by molar-refractivity contribution is 5.89. The number of aromatic nitrogens is 1. The van der Waals surface area contributed by atoms with Crippen LogP contribution in [0.15, 0.2) is 42.6 Å². The second-order valence-corrected chi connectivity index (χ2v) is 6.39. The number of hydrogen-bond acceptors (Lipinski definition) is 4. The molecule has 0 unspecified atom stereocenters. The monoisotopic (exact) mass is 394 g/mol. The molecule has 0 spiro atoms. The highest BCUT2D eigenvalue weighted by atomic mass is 19.4. The van der Waals surface area contributed by atoms with E-state index in [-0.39, 0.29) is 6.03 Å². The molecule has 0 bridgehead atoms. The molecule has 1 aliphatic heterocycles. The molecule has 1 aromatic carbocycles. The standard InChI is InChI=1S/C19H21F3N4O2/c1-28-16-6-4-15(5-7-16)24-18(27)26-10-2-9-25(11-12-26)17-8-3-14(13-23-17)19(20,21)22/h3-8,13H,2,9-12H2,1H3,(H,24,27). The molecule has 3 rings (SSSR count). The van der Waals surface area contributed by atoms with E-state index < -0.39 is 11.7 Å². The first-order valence-corrected chi connectivity index (χ1v) is 8.85. The number of anilines is 2. The van der Waals surface area contributed by atoms with Gasteiger partial charge in [0.2, 0.25) is 0 Å². The van der Waals surface area contributed by atoms with Crippen molar-refractivity contribution < 1.29 is 22.7 Å². The van der Waals surface area contributed by atoms with Crippen LogP contribution in [0.5, 0.6) is 5.75 Å². The average molecular weight is 394 g/mol. The molecular weight excluding hydrogens is 373 g/mol. The second-order valence-electron chi connectivity index (χ2n) is 6.39. The van der Waals surface area contributed by atoms with Gasteiger partial charge in [-0.2, -0.15) is 13.2 Å². The van der Waals surface area contributed by atoms with Gasteiger partial charge < -0.3 is 19.9 Å². The van der Waals surface area contributed by atoms with Gasteiger partial charge >= 0.3 is 12.2 Å². The third-order valence-electron chi connectivity index (χ3n) is 4.52. The number of halogens is 3. The van der Waals surface area contributed by atoms with Crippen molar-refractivity contribution in [2.24, 2.45) is 0 Å². The largest absolute Gasteiger partial charge is 0.497 e. The van der Waals surface area contributed by atoms with Gasteiger partial charge in [-0.1, -0.05) is 0 Å². The Balaban J connectivity index is 1.58. The normalized spacial score (nSPS) is 15.1. The van der Waals surface area contributed by atoms with E-state index in [9.17, 15) is 18.0 Å². The molecule has 1 saturated heterocycles. The van der Waals surface area contributed by atoms with E-state index in [4.69, 9.17) is 4.74 Å². The molecule has 1 N–H and O–H groups in total. The van der Waals surface area contributed by atoms with Gasteiger partial charge in [0.25, 0.3) is 0 Å². The lowest BCUT2D eigenvalue weighted by atomic mass is 10.2. The summed E-state index contributed by atoms with van der Waals surface area (Å²) in [5, 5.41) is 2.84. The lowest BCUT2D eigenvalue weighted by molar-refractivity contribution is -0.137. The minimum absolute atomic E-state index is 0.215. The Morgan fingerprint density at radius 2 is 1.82 bits per heavy atom. The summed E-state index contributed by atoms with van der Waals surface area (Å²) < 4.78 is 43.1. The van der Waals surface area contributed by atoms with Crippen LogP contribution in [0, 0.1) is 0 Å². The van der Waals surface area contributed by atoms with E-state index in [1.54, 1.807) is 36.3 Å². The van der Waals surface area contributed by atoms with E-state index in [2.05, 4.69) is 10.3 Å². The van der Waals surface area contributed by atoms with E-state index >= 15 is 0 Å². The quantitative estimate of drug-likeness (QED) is 0.859. The van der Waals surface area contributed by atoms with E-state index in [0.717, 1.165) is 12.3 Å². The molecule has 28 heavy (non-hydrogen) atoms. The minimum atomic E-state index is -4.40. The number of urea groups is 1. The number of rotatable bonds is 3. The summed E-state index contributed by atoms with van der Waals surface area (Å²) in [6.45, 7) is 2.11. The fourth-order valence-corrected chi connectivity index (χ4v) is 2.97. The van der Waals surface area contributed by atoms with Crippen molar-refractivity contribution in [2.45, 2.75) is 12.6 Å². The maximum absolute atomic E-state index is 12.7. The van der Waals surface area contributed by atoms with Crippen molar-refractivity contribution in [3.63, 3.8) is 0 Å². The van der Waals surface area contributed by atoms with E-state index in [1.807, 2.05) is 4.90 Å². The Hall–Kier alpha value is -2.97. The minimum Gasteiger partial charge on any atom is -0.497 e. The molecule has 1 aromatic heterocycles. The van der Waals surface area contributed by atoms with Gasteiger partial charge in [-0.3, -0.25) is 0 Å². The van der Waals surface area contributed by atoms with Crippen LogP contribution in [0.3, 0.4) is 0 Å². The topological polar surface area (TPSA) is 57.7 Å². The fourth-order valence-electron chi connectivity index (χ4n) is 2.97. The van der Waals surface area contributed by atoms with Crippen molar-refractivity contribution in [3.05, 3.63) is 48.2 Å². The first-order chi connectivity index (χ1) is 13.4. The first kappa shape index (κ1) is 19.8. The predicted octanol–water partition coefficient (Wildman–Crippen LogP) is 3.85. The molecule has 9 heteroatoms. The van der Waals surface area contributed by atoms with Gasteiger partial charge in [-0.15, -0.1) is 0 Å². The molecular formula is C19H21F3N4O2. The van der Waals surface area contributed by atoms with Gasteiger partial charge in [-0.05, 0) is 42.8 Å². The number of benzene rings is 1. The van der Waals surface area contributed by atoms with Crippen LogP contribution in [0.1, 0.15) is 12.0 Å². The maximum Gasteiger partial charge on any atom is 0.417 e. The zero-order chi connectivity index (χ0) is 20.1. The smallest absolute Gasteiger partial charge is 0.417 e. The van der Waals surface area contributed by atoms with Crippen molar-refractivity contribution in [1.82, 2.24) is 9.88 Å². The molecule has 0 aliphatic carbocycles. The first-order valence-electron chi connectivity index (χ1n) is 8.85. The summed E-state index contributed by atoms with van der Waals surface area (Å²) in [6, 6.07) is 9.22. The summed E-state index contributed by atoms with van der Waals surface area (Å²) in [5.41, 5.74) is -0.108. The molecule has 2 amide bonds. The summed E-state index contributed by atoms with van der Waals surface area (Å²) in [5.74, 6) is 1.18. The zero-order valence-corrected chi connectivity index (χ0v) is 15.4. The van der Waals surface area contributed by atoms with Gasteiger partial charge in [0.15, 0.2) is 0 Å². The third kappa shape index (κ3) is 4.85. The second kappa shape index (κ2) is 8.37. The molecule has 0 saturated carbocycles. The van der Waals surface area contributed by atoms with Crippen molar-refractivity contribution in [2.75, 3.05) is 43.5 Å². The number of methoxy groups -OCH3 is 1. The van der Waals surface area contributed by atoms with Crippen LogP contribution in [0.2, 0.25) is 0 Å². The lowest BCUT2D eigenvalue weighted by Gasteiger charge is -2.23. The van der Waals surface area contributed by atoms with Crippen LogP contribution in [0.4, 0.5) is 29.5 Å². The summed E-state index contributed by atoms with van der Waals surface area (Å²) in [7, 11) is 1.57. The molecule has 2 heterocycles. The average Bonchev–Trinajstić information content (AvgIpc) is 2.94. The number of carbonyl (C=O) groups excluding carboxylic acids is 1. The SMILES string of the molecule is COc1ccc(NC(=O)N2CCCN(c3ccc(C(F)(F)F)cn3)CC2)cc1. The molecule has 1 fully saturated rings. The Morgan fingerprint density at radius 1 is 1.07 bits per heavy atom. The molecule has 0 radical (unpaired) electrons.